The van der Waals surface area contributed by atoms with E-state index in [0.717, 1.165) is 5.39 Å². The second kappa shape index (κ2) is 5.73. The summed E-state index contributed by atoms with van der Waals surface area (Å²) in [6, 6.07) is 6.96. The minimum atomic E-state index is -1.41. The van der Waals surface area contributed by atoms with Crippen molar-refractivity contribution in [3.05, 3.63) is 45.2 Å². The molecule has 21 heavy (non-hydrogen) atoms. The van der Waals surface area contributed by atoms with Gasteiger partial charge in [-0.1, -0.05) is 11.6 Å². The van der Waals surface area contributed by atoms with Crippen molar-refractivity contribution in [2.45, 2.75) is 32.4 Å². The van der Waals surface area contributed by atoms with Crippen LogP contribution in [0.15, 0.2) is 33.5 Å². The predicted octanol–water partition coefficient (Wildman–Crippen LogP) is 3.45. The summed E-state index contributed by atoms with van der Waals surface area (Å²) in [5.74, 6) is 0. The average Bonchev–Trinajstić information content (AvgIpc) is 2.37. The first kappa shape index (κ1) is 15.9. The van der Waals surface area contributed by atoms with Gasteiger partial charge in [-0.15, -0.1) is 0 Å². The van der Waals surface area contributed by atoms with Crippen molar-refractivity contribution in [1.29, 1.82) is 0 Å². The number of aromatic nitrogens is 1. The zero-order valence-electron chi connectivity index (χ0n) is 12.4. The number of pyridine rings is 1. The van der Waals surface area contributed by atoms with Gasteiger partial charge in [0, 0.05) is 15.9 Å². The SMILES string of the molecule is CC(=N[S@@](=O)C(C)(C)C)c1cc2cc(Cl)ccc2[nH]c1=O. The minimum Gasteiger partial charge on any atom is -0.321 e. The summed E-state index contributed by atoms with van der Waals surface area (Å²) in [5.41, 5.74) is 1.31. The van der Waals surface area contributed by atoms with E-state index >= 15 is 0 Å². The highest BCUT2D eigenvalue weighted by atomic mass is 35.5. The van der Waals surface area contributed by atoms with Gasteiger partial charge in [0.25, 0.3) is 5.56 Å². The molecule has 6 heteroatoms. The van der Waals surface area contributed by atoms with Crippen LogP contribution >= 0.6 is 11.6 Å². The molecular formula is C15H17ClN2O2S. The van der Waals surface area contributed by atoms with E-state index in [1.807, 2.05) is 20.8 Å². The Kier molecular flexibility index (Phi) is 4.35. The molecule has 1 N–H and O–H groups in total. The molecule has 0 aliphatic carbocycles. The second-order valence-electron chi connectivity index (χ2n) is 5.78. The summed E-state index contributed by atoms with van der Waals surface area (Å²) >= 11 is 5.96. The Hall–Kier alpha value is -1.46. The third-order valence-electron chi connectivity index (χ3n) is 2.94. The molecule has 1 aromatic carbocycles. The third kappa shape index (κ3) is 3.60. The van der Waals surface area contributed by atoms with Crippen LogP contribution in [0.4, 0.5) is 0 Å². The molecule has 2 rings (SSSR count). The summed E-state index contributed by atoms with van der Waals surface area (Å²) in [5, 5.41) is 1.40. The maximum Gasteiger partial charge on any atom is 0.257 e. The van der Waals surface area contributed by atoms with Gasteiger partial charge in [-0.25, -0.2) is 4.21 Å². The van der Waals surface area contributed by atoms with E-state index in [1.54, 1.807) is 31.2 Å². The van der Waals surface area contributed by atoms with Crippen LogP contribution < -0.4 is 5.56 Å². The summed E-state index contributed by atoms with van der Waals surface area (Å²) in [4.78, 5) is 14.9. The molecule has 0 aliphatic heterocycles. The molecule has 4 nitrogen and oxygen atoms in total. The van der Waals surface area contributed by atoms with Crippen molar-refractivity contribution >= 4 is 39.2 Å². The normalized spacial score (nSPS) is 14.4. The molecule has 0 bridgehead atoms. The van der Waals surface area contributed by atoms with Gasteiger partial charge >= 0.3 is 0 Å². The van der Waals surface area contributed by atoms with Gasteiger partial charge < -0.3 is 4.98 Å². The van der Waals surface area contributed by atoms with Crippen LogP contribution in [-0.4, -0.2) is 19.7 Å². The molecule has 0 amide bonds. The minimum absolute atomic E-state index is 0.253. The Morgan fingerprint density at radius 2 is 1.95 bits per heavy atom. The van der Waals surface area contributed by atoms with E-state index in [1.165, 1.54) is 0 Å². The van der Waals surface area contributed by atoms with Crippen molar-refractivity contribution < 1.29 is 4.21 Å². The van der Waals surface area contributed by atoms with E-state index < -0.39 is 15.7 Å². The first-order valence-electron chi connectivity index (χ1n) is 6.49. The summed E-state index contributed by atoms with van der Waals surface area (Å²) in [7, 11) is -1.41. The number of halogens is 1. The Morgan fingerprint density at radius 1 is 1.29 bits per heavy atom. The molecule has 1 aromatic heterocycles. The second-order valence-corrected chi connectivity index (χ2v) is 8.12. The van der Waals surface area contributed by atoms with E-state index in [0.29, 0.717) is 21.8 Å². The van der Waals surface area contributed by atoms with E-state index in [4.69, 9.17) is 11.6 Å². The van der Waals surface area contributed by atoms with Crippen molar-refractivity contribution in [2.75, 3.05) is 0 Å². The van der Waals surface area contributed by atoms with Crippen LogP contribution in [-0.2, 0) is 11.0 Å². The summed E-state index contributed by atoms with van der Waals surface area (Å²) in [6.07, 6.45) is 0. The summed E-state index contributed by atoms with van der Waals surface area (Å²) in [6.45, 7) is 7.20. The molecule has 0 saturated heterocycles. The Bertz CT molecular complexity index is 803. The van der Waals surface area contributed by atoms with Gasteiger partial charge in [-0.3, -0.25) is 4.79 Å². The van der Waals surface area contributed by atoms with E-state index in [2.05, 4.69) is 9.38 Å². The zero-order valence-corrected chi connectivity index (χ0v) is 13.9. The molecule has 0 spiro atoms. The molecule has 1 atom stereocenters. The lowest BCUT2D eigenvalue weighted by Gasteiger charge is -2.14. The fourth-order valence-electron chi connectivity index (χ4n) is 1.76. The van der Waals surface area contributed by atoms with Gasteiger partial charge in [0.15, 0.2) is 0 Å². The zero-order chi connectivity index (χ0) is 15.8. The largest absolute Gasteiger partial charge is 0.321 e. The fraction of sp³-hybridized carbons (Fsp3) is 0.333. The predicted molar refractivity (Wildman–Crippen MR) is 89.7 cm³/mol. The molecule has 0 unspecified atom stereocenters. The molecule has 0 radical (unpaired) electrons. The lowest BCUT2D eigenvalue weighted by atomic mass is 10.1. The Labute approximate surface area is 130 Å². The summed E-state index contributed by atoms with van der Waals surface area (Å²) < 4.78 is 15.7. The third-order valence-corrected chi connectivity index (χ3v) is 4.66. The number of H-pyrrole nitrogens is 1. The highest BCUT2D eigenvalue weighted by Gasteiger charge is 2.19. The lowest BCUT2D eigenvalue weighted by molar-refractivity contribution is 0.650. The van der Waals surface area contributed by atoms with Crippen molar-refractivity contribution in [1.82, 2.24) is 4.98 Å². The quantitative estimate of drug-likeness (QED) is 0.860. The number of aromatic amines is 1. The highest BCUT2D eigenvalue weighted by Crippen LogP contribution is 2.18. The number of rotatable bonds is 2. The van der Waals surface area contributed by atoms with Crippen molar-refractivity contribution in [3.8, 4) is 0 Å². The van der Waals surface area contributed by atoms with Crippen LogP contribution in [0.5, 0.6) is 0 Å². The van der Waals surface area contributed by atoms with Gasteiger partial charge in [0.2, 0.25) is 0 Å². The van der Waals surface area contributed by atoms with Crippen LogP contribution in [0.25, 0.3) is 10.9 Å². The monoisotopic (exact) mass is 324 g/mol. The highest BCUT2D eigenvalue weighted by molar-refractivity contribution is 7.85. The smallest absolute Gasteiger partial charge is 0.257 e. The van der Waals surface area contributed by atoms with Crippen LogP contribution in [0.3, 0.4) is 0 Å². The van der Waals surface area contributed by atoms with Crippen LogP contribution in [0.2, 0.25) is 5.02 Å². The van der Waals surface area contributed by atoms with Crippen LogP contribution in [0, 0.1) is 0 Å². The first-order valence-corrected chi connectivity index (χ1v) is 7.97. The number of fused-ring (bicyclic) bond motifs is 1. The number of benzene rings is 1. The number of hydrogen-bond donors (Lipinski definition) is 1. The van der Waals surface area contributed by atoms with Crippen LogP contribution in [0.1, 0.15) is 33.3 Å². The number of hydrogen-bond acceptors (Lipinski definition) is 2. The standard InChI is InChI=1S/C15H17ClN2O2S/c1-9(18-21(20)15(2,3)4)12-8-10-7-11(16)5-6-13(10)17-14(12)19/h5-8H,1-4H3,(H,17,19)/t21-/m0/s1. The van der Waals surface area contributed by atoms with Gasteiger partial charge in [0.1, 0.15) is 11.0 Å². The number of nitrogens with one attached hydrogen (secondary N) is 1. The van der Waals surface area contributed by atoms with E-state index in [-0.39, 0.29) is 5.56 Å². The first-order chi connectivity index (χ1) is 9.68. The van der Waals surface area contributed by atoms with Gasteiger partial charge in [-0.2, -0.15) is 4.40 Å². The van der Waals surface area contributed by atoms with Gasteiger partial charge in [-0.05, 0) is 52.0 Å². The molecule has 0 aliphatic rings. The van der Waals surface area contributed by atoms with Crippen molar-refractivity contribution in [3.63, 3.8) is 0 Å². The average molecular weight is 325 g/mol. The maximum absolute atomic E-state index is 12.1. The fourth-order valence-corrected chi connectivity index (χ4v) is 2.56. The number of nitrogens with zero attached hydrogens (tertiary/aromatic N) is 1. The Morgan fingerprint density at radius 3 is 2.57 bits per heavy atom. The Balaban J connectivity index is 2.56. The molecule has 112 valence electrons. The topological polar surface area (TPSA) is 62.3 Å². The molecule has 1 heterocycles. The molecule has 2 aromatic rings. The molecular weight excluding hydrogens is 308 g/mol. The van der Waals surface area contributed by atoms with Gasteiger partial charge in [0.05, 0.1) is 16.0 Å². The van der Waals surface area contributed by atoms with E-state index in [9.17, 15) is 9.00 Å². The molecule has 0 saturated carbocycles. The maximum atomic E-state index is 12.1. The molecule has 0 fully saturated rings. The van der Waals surface area contributed by atoms with Crippen molar-refractivity contribution in [2.24, 2.45) is 4.40 Å². The lowest BCUT2D eigenvalue weighted by Crippen LogP contribution is -2.22.